The zero-order valence-corrected chi connectivity index (χ0v) is 17.7. The van der Waals surface area contributed by atoms with Crippen LogP contribution in [0, 0.1) is 5.82 Å². The molecule has 1 fully saturated rings. The van der Waals surface area contributed by atoms with Crippen LogP contribution in [-0.2, 0) is 6.54 Å². The Morgan fingerprint density at radius 2 is 1.93 bits per heavy atom. The van der Waals surface area contributed by atoms with Crippen LogP contribution in [0.3, 0.4) is 0 Å². The molecule has 0 spiro atoms. The second-order valence-corrected chi connectivity index (χ2v) is 8.01. The van der Waals surface area contributed by atoms with Gasteiger partial charge in [-0.15, -0.1) is 0 Å². The molecular formula is C23H29ClFN3O. The molecule has 4 nitrogen and oxygen atoms in total. The number of unbranched alkanes of at least 4 members (excludes halogenated alkanes) is 1. The highest BCUT2D eigenvalue weighted by atomic mass is 35.5. The van der Waals surface area contributed by atoms with Gasteiger partial charge in [0.05, 0.1) is 5.02 Å². The molecule has 29 heavy (non-hydrogen) atoms. The summed E-state index contributed by atoms with van der Waals surface area (Å²) >= 11 is 5.87. The third-order valence-corrected chi connectivity index (χ3v) is 5.74. The van der Waals surface area contributed by atoms with Crippen molar-refractivity contribution in [1.29, 1.82) is 0 Å². The quantitative estimate of drug-likeness (QED) is 0.620. The number of urea groups is 1. The highest BCUT2D eigenvalue weighted by Gasteiger charge is 2.28. The molecule has 0 radical (unpaired) electrons. The molecular weight excluding hydrogens is 389 g/mol. The van der Waals surface area contributed by atoms with Crippen molar-refractivity contribution in [2.45, 2.75) is 45.2 Å². The molecule has 3 rings (SSSR count). The Morgan fingerprint density at radius 3 is 2.59 bits per heavy atom. The summed E-state index contributed by atoms with van der Waals surface area (Å²) in [4.78, 5) is 17.5. The molecule has 1 aliphatic heterocycles. The number of carbonyl (C=O) groups is 1. The smallest absolute Gasteiger partial charge is 0.317 e. The summed E-state index contributed by atoms with van der Waals surface area (Å²) < 4.78 is 13.4. The van der Waals surface area contributed by atoms with E-state index >= 15 is 0 Å². The number of hydrogen-bond donors (Lipinski definition) is 1. The van der Waals surface area contributed by atoms with Crippen molar-refractivity contribution in [3.63, 3.8) is 0 Å². The number of piperidine rings is 1. The van der Waals surface area contributed by atoms with Crippen molar-refractivity contribution in [2.75, 3.05) is 25.0 Å². The summed E-state index contributed by atoms with van der Waals surface area (Å²) in [6.07, 6.45) is 4.31. The molecule has 156 valence electrons. The van der Waals surface area contributed by atoms with Crippen LogP contribution in [0.5, 0.6) is 0 Å². The van der Waals surface area contributed by atoms with E-state index in [0.29, 0.717) is 12.2 Å². The van der Waals surface area contributed by atoms with E-state index in [1.54, 1.807) is 0 Å². The number of benzene rings is 2. The number of amides is 2. The molecule has 0 bridgehead atoms. The van der Waals surface area contributed by atoms with E-state index in [1.807, 2.05) is 35.2 Å². The molecule has 0 unspecified atom stereocenters. The minimum Gasteiger partial charge on any atom is -0.317 e. The maximum absolute atomic E-state index is 13.4. The Balaban J connectivity index is 1.70. The number of nitrogens with one attached hydrogen (secondary N) is 1. The van der Waals surface area contributed by atoms with Gasteiger partial charge < -0.3 is 15.1 Å². The first-order valence-electron chi connectivity index (χ1n) is 10.4. The predicted octanol–water partition coefficient (Wildman–Crippen LogP) is 5.78. The maximum atomic E-state index is 13.4. The van der Waals surface area contributed by atoms with Crippen LogP contribution in [0.4, 0.5) is 14.9 Å². The van der Waals surface area contributed by atoms with Gasteiger partial charge >= 0.3 is 6.03 Å². The zero-order chi connectivity index (χ0) is 20.6. The lowest BCUT2D eigenvalue weighted by molar-refractivity contribution is 0.122. The summed E-state index contributed by atoms with van der Waals surface area (Å²) in [7, 11) is 0. The molecule has 2 aromatic rings. The summed E-state index contributed by atoms with van der Waals surface area (Å²) in [5, 5.41) is 2.90. The maximum Gasteiger partial charge on any atom is 0.322 e. The van der Waals surface area contributed by atoms with Gasteiger partial charge in [0.15, 0.2) is 0 Å². The van der Waals surface area contributed by atoms with Crippen LogP contribution in [0.25, 0.3) is 0 Å². The number of anilines is 1. The van der Waals surface area contributed by atoms with Crippen molar-refractivity contribution in [3.05, 3.63) is 64.9 Å². The van der Waals surface area contributed by atoms with Gasteiger partial charge in [-0.2, -0.15) is 0 Å². The lowest BCUT2D eigenvalue weighted by atomic mass is 10.0. The molecule has 0 aliphatic carbocycles. The van der Waals surface area contributed by atoms with Gasteiger partial charge in [-0.25, -0.2) is 9.18 Å². The fourth-order valence-electron chi connectivity index (χ4n) is 3.75. The summed E-state index contributed by atoms with van der Waals surface area (Å²) in [5.74, 6) is -0.495. The SMILES string of the molecule is CCCCN1CCC(N(Cc2ccccc2)C(=O)Nc2ccc(F)c(Cl)c2)CC1. The van der Waals surface area contributed by atoms with Gasteiger partial charge in [0.1, 0.15) is 5.82 Å². The predicted molar refractivity (Wildman–Crippen MR) is 117 cm³/mol. The van der Waals surface area contributed by atoms with Crippen LogP contribution in [0.2, 0.25) is 5.02 Å². The van der Waals surface area contributed by atoms with Gasteiger partial charge in [-0.1, -0.05) is 55.3 Å². The van der Waals surface area contributed by atoms with E-state index in [4.69, 9.17) is 11.6 Å². The van der Waals surface area contributed by atoms with E-state index in [-0.39, 0.29) is 17.1 Å². The Kier molecular flexibility index (Phi) is 7.90. The molecule has 0 saturated carbocycles. The highest BCUT2D eigenvalue weighted by Crippen LogP contribution is 2.23. The highest BCUT2D eigenvalue weighted by molar-refractivity contribution is 6.31. The largest absolute Gasteiger partial charge is 0.322 e. The van der Waals surface area contributed by atoms with E-state index < -0.39 is 5.82 Å². The molecule has 2 aromatic carbocycles. The Morgan fingerprint density at radius 1 is 1.21 bits per heavy atom. The van der Waals surface area contributed by atoms with Crippen LogP contribution in [0.1, 0.15) is 38.2 Å². The first-order chi connectivity index (χ1) is 14.1. The fourth-order valence-corrected chi connectivity index (χ4v) is 3.93. The van der Waals surface area contributed by atoms with E-state index in [9.17, 15) is 9.18 Å². The van der Waals surface area contributed by atoms with Gasteiger partial charge in [0, 0.05) is 31.4 Å². The average Bonchev–Trinajstić information content (AvgIpc) is 2.74. The summed E-state index contributed by atoms with van der Waals surface area (Å²) in [5.41, 5.74) is 1.59. The minimum atomic E-state index is -0.495. The van der Waals surface area contributed by atoms with Crippen molar-refractivity contribution in [1.82, 2.24) is 9.80 Å². The summed E-state index contributed by atoms with van der Waals surface area (Å²) in [6, 6.07) is 14.3. The monoisotopic (exact) mass is 417 g/mol. The van der Waals surface area contributed by atoms with Gasteiger partial charge in [0.25, 0.3) is 0 Å². The van der Waals surface area contributed by atoms with Crippen LogP contribution >= 0.6 is 11.6 Å². The molecule has 0 aromatic heterocycles. The standard InChI is InChI=1S/C23H29ClFN3O/c1-2-3-13-27-14-11-20(12-15-27)28(17-18-7-5-4-6-8-18)23(29)26-19-9-10-22(25)21(24)16-19/h4-10,16,20H,2-3,11-15,17H2,1H3,(H,26,29). The van der Waals surface area contributed by atoms with Crippen molar-refractivity contribution in [3.8, 4) is 0 Å². The second-order valence-electron chi connectivity index (χ2n) is 7.60. The van der Waals surface area contributed by atoms with Crippen molar-refractivity contribution < 1.29 is 9.18 Å². The number of hydrogen-bond acceptors (Lipinski definition) is 2. The van der Waals surface area contributed by atoms with Crippen LogP contribution in [0.15, 0.2) is 48.5 Å². The minimum absolute atomic E-state index is 0.00152. The van der Waals surface area contributed by atoms with E-state index in [0.717, 1.165) is 38.0 Å². The van der Waals surface area contributed by atoms with Crippen molar-refractivity contribution >= 4 is 23.3 Å². The van der Waals surface area contributed by atoms with E-state index in [1.165, 1.54) is 31.0 Å². The number of likely N-dealkylation sites (tertiary alicyclic amines) is 1. The molecule has 1 N–H and O–H groups in total. The number of halogens is 2. The topological polar surface area (TPSA) is 35.6 Å². The first kappa shape index (κ1) is 21.6. The Hall–Kier alpha value is -2.11. The molecule has 1 aliphatic rings. The molecule has 6 heteroatoms. The zero-order valence-electron chi connectivity index (χ0n) is 16.9. The van der Waals surface area contributed by atoms with Gasteiger partial charge in [0.2, 0.25) is 0 Å². The normalized spacial score (nSPS) is 15.3. The molecule has 1 saturated heterocycles. The van der Waals surface area contributed by atoms with Crippen LogP contribution in [-0.4, -0.2) is 41.5 Å². The molecule has 1 heterocycles. The Labute approximate surface area is 177 Å². The third-order valence-electron chi connectivity index (χ3n) is 5.45. The first-order valence-corrected chi connectivity index (χ1v) is 10.7. The van der Waals surface area contributed by atoms with Crippen molar-refractivity contribution in [2.24, 2.45) is 0 Å². The molecule has 0 atom stereocenters. The fraction of sp³-hybridized carbons (Fsp3) is 0.435. The second kappa shape index (κ2) is 10.6. The van der Waals surface area contributed by atoms with E-state index in [2.05, 4.69) is 17.1 Å². The Bertz CT molecular complexity index is 794. The van der Waals surface area contributed by atoms with Crippen LogP contribution < -0.4 is 5.32 Å². The van der Waals surface area contributed by atoms with Gasteiger partial charge in [-0.05, 0) is 49.6 Å². The summed E-state index contributed by atoms with van der Waals surface area (Å²) in [6.45, 7) is 5.89. The lowest BCUT2D eigenvalue weighted by Crippen LogP contribution is -2.48. The number of rotatable bonds is 7. The van der Waals surface area contributed by atoms with Gasteiger partial charge in [-0.3, -0.25) is 0 Å². The number of carbonyl (C=O) groups excluding carboxylic acids is 1. The third kappa shape index (κ3) is 6.18. The lowest BCUT2D eigenvalue weighted by Gasteiger charge is -2.38. The average molecular weight is 418 g/mol. The number of nitrogens with zero attached hydrogens (tertiary/aromatic N) is 2. The molecule has 2 amide bonds.